The lowest BCUT2D eigenvalue weighted by molar-refractivity contribution is 0.0906. The van der Waals surface area contributed by atoms with Gasteiger partial charge in [-0.3, -0.25) is 9.69 Å². The number of aromatic amines is 1. The number of piperazine rings is 1. The Balaban J connectivity index is 1.36. The van der Waals surface area contributed by atoms with Crippen molar-refractivity contribution >= 4 is 16.6 Å². The highest BCUT2D eigenvalue weighted by molar-refractivity contribution is 5.83. The number of anilines is 1. The molecule has 39 heavy (non-hydrogen) atoms. The van der Waals surface area contributed by atoms with E-state index in [4.69, 9.17) is 9.47 Å². The van der Waals surface area contributed by atoms with Gasteiger partial charge in [0, 0.05) is 44.0 Å². The largest absolute Gasteiger partial charge is 0.497 e. The summed E-state index contributed by atoms with van der Waals surface area (Å²) in [5.74, 6) is 1.52. The van der Waals surface area contributed by atoms with Crippen LogP contribution >= 0.6 is 0 Å². The van der Waals surface area contributed by atoms with Gasteiger partial charge in [0.05, 0.1) is 25.3 Å². The van der Waals surface area contributed by atoms with Gasteiger partial charge in [-0.2, -0.15) is 0 Å². The predicted octanol–water partition coefficient (Wildman–Crippen LogP) is 3.23. The van der Waals surface area contributed by atoms with Crippen LogP contribution < -0.4 is 15.2 Å². The number of benzene rings is 2. The predicted molar refractivity (Wildman–Crippen MR) is 149 cm³/mol. The van der Waals surface area contributed by atoms with E-state index in [0.29, 0.717) is 17.9 Å². The molecule has 0 radical (unpaired) electrons. The van der Waals surface area contributed by atoms with E-state index in [2.05, 4.69) is 61.5 Å². The molecule has 0 bridgehead atoms. The molecular weight excluding hydrogens is 494 g/mol. The Morgan fingerprint density at radius 2 is 1.90 bits per heavy atom. The molecule has 10 heteroatoms. The number of rotatable bonds is 7. The molecule has 0 saturated carbocycles. The summed E-state index contributed by atoms with van der Waals surface area (Å²) >= 11 is 0. The van der Waals surface area contributed by atoms with E-state index in [-0.39, 0.29) is 17.7 Å². The summed E-state index contributed by atoms with van der Waals surface area (Å²) in [5.41, 5.74) is 4.80. The molecule has 10 nitrogen and oxygen atoms in total. The second-order valence-corrected chi connectivity index (χ2v) is 10.6. The Hall–Kier alpha value is -3.76. The lowest BCUT2D eigenvalue weighted by Crippen LogP contribution is -2.49. The molecule has 4 heterocycles. The molecule has 6 rings (SSSR count). The summed E-state index contributed by atoms with van der Waals surface area (Å²) in [5, 5.41) is 13.9. The quantitative estimate of drug-likeness (QED) is 0.390. The van der Waals surface area contributed by atoms with Gasteiger partial charge in [0.15, 0.2) is 5.82 Å². The molecule has 2 atom stereocenters. The Morgan fingerprint density at radius 3 is 2.62 bits per heavy atom. The third kappa shape index (κ3) is 5.14. The lowest BCUT2D eigenvalue weighted by atomic mass is 10.00. The van der Waals surface area contributed by atoms with Crippen LogP contribution in [0.4, 0.5) is 5.69 Å². The second-order valence-electron chi connectivity index (χ2n) is 10.6. The fraction of sp³-hybridized carbons (Fsp3) is 0.448. The standard InChI is InChI=1S/C29H35N7O3/c1-19-15-20(2)26-21(16-19)17-25(29(37)30-26)27(28-31-32-33-36(28)18-24-5-4-14-39-24)35-12-10-34(11-13-35)22-6-8-23(38-3)9-7-22/h6-9,15-17,24,27H,4-5,10-14,18H2,1-3H3,(H,30,37)/t24-,27-/m0/s1. The first-order valence-corrected chi connectivity index (χ1v) is 13.6. The molecule has 0 spiro atoms. The van der Waals surface area contributed by atoms with Crippen molar-refractivity contribution in [1.82, 2.24) is 30.1 Å². The van der Waals surface area contributed by atoms with Crippen LogP contribution in [0.15, 0.2) is 47.3 Å². The topological polar surface area (TPSA) is 101 Å². The van der Waals surface area contributed by atoms with Gasteiger partial charge in [-0.05, 0) is 84.5 Å². The Morgan fingerprint density at radius 1 is 1.10 bits per heavy atom. The van der Waals surface area contributed by atoms with Gasteiger partial charge >= 0.3 is 0 Å². The molecule has 204 valence electrons. The summed E-state index contributed by atoms with van der Waals surface area (Å²) < 4.78 is 13.0. The molecule has 2 aliphatic rings. The van der Waals surface area contributed by atoms with E-state index in [9.17, 15) is 4.79 Å². The number of nitrogens with zero attached hydrogens (tertiary/aromatic N) is 6. The average Bonchev–Trinajstić information content (AvgIpc) is 3.63. The number of tetrazole rings is 1. The molecule has 0 aliphatic carbocycles. The maximum Gasteiger partial charge on any atom is 0.253 e. The van der Waals surface area contributed by atoms with Gasteiger partial charge < -0.3 is 19.4 Å². The zero-order valence-corrected chi connectivity index (χ0v) is 22.8. The first-order chi connectivity index (χ1) is 19.0. The summed E-state index contributed by atoms with van der Waals surface area (Å²) in [6, 6.07) is 14.0. The number of fused-ring (bicyclic) bond motifs is 1. The first kappa shape index (κ1) is 25.5. The normalized spacial score (nSPS) is 19.1. The van der Waals surface area contributed by atoms with Crippen molar-refractivity contribution in [2.75, 3.05) is 44.8 Å². The van der Waals surface area contributed by atoms with Crippen LogP contribution in [0.2, 0.25) is 0 Å². The SMILES string of the molecule is COc1ccc(N2CCN([C@@H](c3cc4cc(C)cc(C)c4[nH]c3=O)c3nnnn3C[C@@H]3CCCO3)CC2)cc1. The number of methoxy groups -OCH3 is 1. The van der Waals surface area contributed by atoms with Gasteiger partial charge in [-0.1, -0.05) is 11.6 Å². The van der Waals surface area contributed by atoms with Gasteiger partial charge in [0.25, 0.3) is 5.56 Å². The number of nitrogens with one attached hydrogen (secondary N) is 1. The van der Waals surface area contributed by atoms with E-state index in [1.807, 2.05) is 29.8 Å². The van der Waals surface area contributed by atoms with Crippen molar-refractivity contribution in [2.24, 2.45) is 0 Å². The minimum absolute atomic E-state index is 0.0833. The number of aromatic nitrogens is 5. The summed E-state index contributed by atoms with van der Waals surface area (Å²) in [6.45, 7) is 8.61. The lowest BCUT2D eigenvalue weighted by Gasteiger charge is -2.39. The monoisotopic (exact) mass is 529 g/mol. The second kappa shape index (κ2) is 10.8. The first-order valence-electron chi connectivity index (χ1n) is 13.6. The number of hydrogen-bond donors (Lipinski definition) is 1. The molecule has 0 amide bonds. The highest BCUT2D eigenvalue weighted by atomic mass is 16.5. The third-order valence-electron chi connectivity index (χ3n) is 7.94. The zero-order chi connectivity index (χ0) is 26.9. The van der Waals surface area contributed by atoms with Crippen LogP contribution in [0.5, 0.6) is 5.75 Å². The van der Waals surface area contributed by atoms with Crippen molar-refractivity contribution in [1.29, 1.82) is 0 Å². The maximum absolute atomic E-state index is 13.6. The number of H-pyrrole nitrogens is 1. The van der Waals surface area contributed by atoms with Gasteiger partial charge in [-0.25, -0.2) is 4.68 Å². The Kier molecular flexibility index (Phi) is 7.05. The molecule has 2 aromatic carbocycles. The summed E-state index contributed by atoms with van der Waals surface area (Å²) in [6.07, 6.45) is 2.11. The fourth-order valence-electron chi connectivity index (χ4n) is 5.96. The fourth-order valence-corrected chi connectivity index (χ4v) is 5.96. The van der Waals surface area contributed by atoms with Gasteiger partial charge in [0.1, 0.15) is 11.8 Å². The summed E-state index contributed by atoms with van der Waals surface area (Å²) in [7, 11) is 1.68. The van der Waals surface area contributed by atoms with E-state index in [1.165, 1.54) is 0 Å². The zero-order valence-electron chi connectivity index (χ0n) is 22.8. The smallest absolute Gasteiger partial charge is 0.253 e. The number of aryl methyl sites for hydroxylation is 2. The van der Waals surface area contributed by atoms with Crippen LogP contribution in [0.3, 0.4) is 0 Å². The average molecular weight is 530 g/mol. The molecule has 2 fully saturated rings. The highest BCUT2D eigenvalue weighted by Gasteiger charge is 2.33. The van der Waals surface area contributed by atoms with Crippen LogP contribution in [0.1, 0.15) is 41.4 Å². The number of hydrogen-bond acceptors (Lipinski definition) is 8. The Bertz CT molecular complexity index is 1500. The molecule has 2 aliphatic heterocycles. The van der Waals surface area contributed by atoms with E-state index < -0.39 is 0 Å². The third-order valence-corrected chi connectivity index (χ3v) is 7.94. The maximum atomic E-state index is 13.6. The van der Waals surface area contributed by atoms with Crippen molar-refractivity contribution in [2.45, 2.75) is 45.4 Å². The van der Waals surface area contributed by atoms with Gasteiger partial charge in [-0.15, -0.1) is 5.10 Å². The Labute approximate surface area is 227 Å². The van der Waals surface area contributed by atoms with E-state index >= 15 is 0 Å². The molecule has 2 aromatic heterocycles. The molecule has 1 N–H and O–H groups in total. The van der Waals surface area contributed by atoms with Crippen LogP contribution in [-0.4, -0.2) is 76.1 Å². The van der Waals surface area contributed by atoms with Gasteiger partial charge in [0.2, 0.25) is 0 Å². The minimum Gasteiger partial charge on any atom is -0.497 e. The summed E-state index contributed by atoms with van der Waals surface area (Å²) in [4.78, 5) is 21.5. The van der Waals surface area contributed by atoms with Crippen molar-refractivity contribution in [3.05, 3.63) is 75.3 Å². The highest BCUT2D eigenvalue weighted by Crippen LogP contribution is 2.30. The van der Waals surface area contributed by atoms with Crippen molar-refractivity contribution < 1.29 is 9.47 Å². The number of pyridine rings is 1. The molecule has 4 aromatic rings. The molecule has 0 unspecified atom stereocenters. The molecule has 2 saturated heterocycles. The van der Waals surface area contributed by atoms with Crippen LogP contribution in [0.25, 0.3) is 10.9 Å². The van der Waals surface area contributed by atoms with Crippen LogP contribution in [-0.2, 0) is 11.3 Å². The van der Waals surface area contributed by atoms with Crippen molar-refractivity contribution in [3.63, 3.8) is 0 Å². The van der Waals surface area contributed by atoms with E-state index in [1.54, 1.807) is 7.11 Å². The molecular formula is C29H35N7O3. The number of ether oxygens (including phenoxy) is 2. The van der Waals surface area contributed by atoms with E-state index in [0.717, 1.165) is 79.1 Å². The van der Waals surface area contributed by atoms with Crippen LogP contribution in [0, 0.1) is 13.8 Å². The minimum atomic E-state index is -0.381. The van der Waals surface area contributed by atoms with Crippen molar-refractivity contribution in [3.8, 4) is 5.75 Å².